The summed E-state index contributed by atoms with van der Waals surface area (Å²) >= 11 is 0. The van der Waals surface area contributed by atoms with E-state index in [1.807, 2.05) is 38.1 Å². The molecule has 1 aliphatic heterocycles. The Morgan fingerprint density at radius 3 is 2.76 bits per heavy atom. The first kappa shape index (κ1) is 10.0. The number of aromatic nitrogens is 2. The zero-order valence-electron chi connectivity index (χ0n) is 9.64. The van der Waals surface area contributed by atoms with Gasteiger partial charge in [0.25, 0.3) is 5.91 Å². The van der Waals surface area contributed by atoms with Gasteiger partial charge in [-0.3, -0.25) is 4.79 Å². The molecule has 1 aromatic heterocycles. The monoisotopic (exact) mass is 228 g/mol. The van der Waals surface area contributed by atoms with Gasteiger partial charge in [0.2, 0.25) is 5.95 Å². The number of rotatable bonds is 1. The first-order chi connectivity index (χ1) is 8.16. The largest absolute Gasteiger partial charge is 0.322 e. The Hall–Kier alpha value is -2.17. The fourth-order valence-electron chi connectivity index (χ4n) is 1.85. The Labute approximate surface area is 98.1 Å². The van der Waals surface area contributed by atoms with Gasteiger partial charge in [0.05, 0.1) is 17.0 Å². The molecule has 0 saturated carbocycles. The molecule has 1 atom stereocenters. The van der Waals surface area contributed by atoms with Crippen LogP contribution in [0.4, 0.5) is 5.95 Å². The fraction of sp³-hybridized carbons (Fsp3) is 0.250. The van der Waals surface area contributed by atoms with Crippen LogP contribution in [0, 0.1) is 5.92 Å². The highest BCUT2D eigenvalue weighted by Crippen LogP contribution is 2.23. The van der Waals surface area contributed by atoms with E-state index < -0.39 is 0 Å². The van der Waals surface area contributed by atoms with E-state index in [-0.39, 0.29) is 11.8 Å². The third-order valence-corrected chi connectivity index (χ3v) is 3.04. The van der Waals surface area contributed by atoms with E-state index in [1.54, 1.807) is 0 Å². The molecule has 1 N–H and O–H groups in total. The highest BCUT2D eigenvalue weighted by Gasteiger charge is 2.32. The SMILES string of the molecule is CC1=NN(c2nc3ccccc3[nH]2)C(=O)C1C. The van der Waals surface area contributed by atoms with Gasteiger partial charge in [-0.1, -0.05) is 12.1 Å². The lowest BCUT2D eigenvalue weighted by atomic mass is 10.1. The van der Waals surface area contributed by atoms with Crippen molar-refractivity contribution in [3.05, 3.63) is 24.3 Å². The van der Waals surface area contributed by atoms with Crippen LogP contribution in [0.1, 0.15) is 13.8 Å². The van der Waals surface area contributed by atoms with E-state index in [9.17, 15) is 4.79 Å². The second-order valence-corrected chi connectivity index (χ2v) is 4.19. The highest BCUT2D eigenvalue weighted by atomic mass is 16.2. The number of nitrogens with one attached hydrogen (secondary N) is 1. The first-order valence-electron chi connectivity index (χ1n) is 5.50. The standard InChI is InChI=1S/C12H12N4O/c1-7-8(2)15-16(11(7)17)12-13-9-5-3-4-6-10(9)14-12/h3-7H,1-2H3,(H,13,14). The molecule has 0 fully saturated rings. The molecule has 86 valence electrons. The second kappa shape index (κ2) is 3.41. The second-order valence-electron chi connectivity index (χ2n) is 4.19. The molecule has 0 saturated heterocycles. The van der Waals surface area contributed by atoms with Crippen molar-refractivity contribution in [3.8, 4) is 0 Å². The van der Waals surface area contributed by atoms with E-state index >= 15 is 0 Å². The lowest BCUT2D eigenvalue weighted by molar-refractivity contribution is -0.119. The number of benzene rings is 1. The number of aromatic amines is 1. The molecule has 17 heavy (non-hydrogen) atoms. The van der Waals surface area contributed by atoms with Crippen molar-refractivity contribution in [1.82, 2.24) is 9.97 Å². The molecule has 5 nitrogen and oxygen atoms in total. The van der Waals surface area contributed by atoms with Gasteiger partial charge < -0.3 is 4.98 Å². The van der Waals surface area contributed by atoms with Crippen LogP contribution in [0.25, 0.3) is 11.0 Å². The number of hydrogen-bond donors (Lipinski definition) is 1. The zero-order valence-corrected chi connectivity index (χ0v) is 9.64. The molecule has 3 rings (SSSR count). The number of amides is 1. The molecule has 5 heteroatoms. The highest BCUT2D eigenvalue weighted by molar-refractivity contribution is 6.14. The lowest BCUT2D eigenvalue weighted by Crippen LogP contribution is -2.25. The van der Waals surface area contributed by atoms with Gasteiger partial charge in [0.1, 0.15) is 0 Å². The molecule has 2 heterocycles. The molecule has 0 spiro atoms. The van der Waals surface area contributed by atoms with Crippen molar-refractivity contribution in [2.75, 3.05) is 5.01 Å². The summed E-state index contributed by atoms with van der Waals surface area (Å²) in [6.45, 7) is 3.70. The Balaban J connectivity index is 2.08. The van der Waals surface area contributed by atoms with Crippen molar-refractivity contribution in [1.29, 1.82) is 0 Å². The smallest absolute Gasteiger partial charge is 0.258 e. The van der Waals surface area contributed by atoms with E-state index in [2.05, 4.69) is 15.1 Å². The topological polar surface area (TPSA) is 61.4 Å². The van der Waals surface area contributed by atoms with E-state index in [0.29, 0.717) is 5.95 Å². The number of nitrogens with zero attached hydrogens (tertiary/aromatic N) is 3. The number of para-hydroxylation sites is 2. The summed E-state index contributed by atoms with van der Waals surface area (Å²) in [6, 6.07) is 7.66. The van der Waals surface area contributed by atoms with E-state index in [1.165, 1.54) is 5.01 Å². The normalized spacial score (nSPS) is 20.1. The predicted molar refractivity (Wildman–Crippen MR) is 65.9 cm³/mol. The number of H-pyrrole nitrogens is 1. The van der Waals surface area contributed by atoms with Crippen LogP contribution in [0.5, 0.6) is 0 Å². The Bertz CT molecular complexity index is 595. The van der Waals surface area contributed by atoms with Crippen molar-refractivity contribution >= 4 is 28.6 Å². The quantitative estimate of drug-likeness (QED) is 0.810. The van der Waals surface area contributed by atoms with Crippen molar-refractivity contribution in [3.63, 3.8) is 0 Å². The van der Waals surface area contributed by atoms with Gasteiger partial charge in [0, 0.05) is 5.71 Å². The van der Waals surface area contributed by atoms with Crippen molar-refractivity contribution < 1.29 is 4.79 Å². The number of carbonyl (C=O) groups excluding carboxylic acids is 1. The molecule has 1 aromatic carbocycles. The van der Waals surface area contributed by atoms with Crippen LogP contribution in [0.2, 0.25) is 0 Å². The van der Waals surface area contributed by atoms with Crippen molar-refractivity contribution in [2.45, 2.75) is 13.8 Å². The third-order valence-electron chi connectivity index (χ3n) is 3.04. The Morgan fingerprint density at radius 2 is 2.12 bits per heavy atom. The Kier molecular flexibility index (Phi) is 2.01. The summed E-state index contributed by atoms with van der Waals surface area (Å²) in [5, 5.41) is 5.57. The number of imidazole rings is 1. The molecule has 1 unspecified atom stereocenters. The molecular formula is C12H12N4O. The molecule has 0 radical (unpaired) electrons. The van der Waals surface area contributed by atoms with Gasteiger partial charge in [0.15, 0.2) is 0 Å². The number of carbonyl (C=O) groups is 1. The van der Waals surface area contributed by atoms with Crippen LogP contribution >= 0.6 is 0 Å². The number of hydrogen-bond acceptors (Lipinski definition) is 3. The van der Waals surface area contributed by atoms with Crippen LogP contribution < -0.4 is 5.01 Å². The van der Waals surface area contributed by atoms with Gasteiger partial charge >= 0.3 is 0 Å². The average molecular weight is 228 g/mol. The van der Waals surface area contributed by atoms with Crippen LogP contribution in [0.15, 0.2) is 29.4 Å². The van der Waals surface area contributed by atoms with Crippen LogP contribution in [-0.2, 0) is 4.79 Å². The fourth-order valence-corrected chi connectivity index (χ4v) is 1.85. The minimum absolute atomic E-state index is 0.0402. The predicted octanol–water partition coefficient (Wildman–Crippen LogP) is 1.92. The van der Waals surface area contributed by atoms with Gasteiger partial charge in [-0.15, -0.1) is 0 Å². The first-order valence-corrected chi connectivity index (χ1v) is 5.50. The van der Waals surface area contributed by atoms with E-state index in [0.717, 1.165) is 16.7 Å². The zero-order chi connectivity index (χ0) is 12.0. The summed E-state index contributed by atoms with van der Waals surface area (Å²) in [4.78, 5) is 19.4. The molecule has 0 bridgehead atoms. The molecule has 1 amide bonds. The maximum absolute atomic E-state index is 11.9. The third kappa shape index (κ3) is 1.43. The average Bonchev–Trinajstić information content (AvgIpc) is 2.86. The summed E-state index contributed by atoms with van der Waals surface area (Å²) in [7, 11) is 0. The van der Waals surface area contributed by atoms with E-state index in [4.69, 9.17) is 0 Å². The molecule has 1 aliphatic rings. The van der Waals surface area contributed by atoms with Crippen molar-refractivity contribution in [2.24, 2.45) is 11.0 Å². The maximum atomic E-state index is 11.9. The Morgan fingerprint density at radius 1 is 1.35 bits per heavy atom. The van der Waals surface area contributed by atoms with Gasteiger partial charge in [-0.05, 0) is 26.0 Å². The number of hydrazone groups is 1. The lowest BCUT2D eigenvalue weighted by Gasteiger charge is -2.07. The summed E-state index contributed by atoms with van der Waals surface area (Å²) in [6.07, 6.45) is 0. The molecular weight excluding hydrogens is 216 g/mol. The maximum Gasteiger partial charge on any atom is 0.258 e. The molecule has 2 aromatic rings. The number of anilines is 1. The number of fused-ring (bicyclic) bond motifs is 1. The molecule has 0 aliphatic carbocycles. The summed E-state index contributed by atoms with van der Waals surface area (Å²) in [5.74, 6) is 0.282. The van der Waals surface area contributed by atoms with Gasteiger partial charge in [-0.25, -0.2) is 4.98 Å². The summed E-state index contributed by atoms with van der Waals surface area (Å²) < 4.78 is 0. The van der Waals surface area contributed by atoms with Crippen LogP contribution in [0.3, 0.4) is 0 Å². The minimum atomic E-state index is -0.164. The van der Waals surface area contributed by atoms with Crippen LogP contribution in [-0.4, -0.2) is 21.6 Å². The summed E-state index contributed by atoms with van der Waals surface area (Å²) in [5.41, 5.74) is 2.56. The van der Waals surface area contributed by atoms with Gasteiger partial charge in [-0.2, -0.15) is 10.1 Å². The minimum Gasteiger partial charge on any atom is -0.322 e.